The van der Waals surface area contributed by atoms with Crippen LogP contribution in [0.25, 0.3) is 11.0 Å². The Kier molecular flexibility index (Phi) is 8.98. The van der Waals surface area contributed by atoms with Crippen LogP contribution >= 0.6 is 0 Å². The minimum absolute atomic E-state index is 0.0416. The predicted octanol–water partition coefficient (Wildman–Crippen LogP) is 4.17. The molecule has 10 heteroatoms. The number of aryl methyl sites for hydroxylation is 1. The van der Waals surface area contributed by atoms with Crippen LogP contribution in [-0.4, -0.2) is 80.0 Å². The smallest absolute Gasteiger partial charge is 0.294 e. The molecule has 208 valence electrons. The normalized spacial score (nSPS) is 17.3. The predicted molar refractivity (Wildman–Crippen MR) is 150 cm³/mol. The number of likely N-dealkylation sites (N-methyl/N-ethyl adjacent to an activating group) is 1. The number of furan rings is 1. The average molecular weight is 536 g/mol. The molecule has 2 aromatic heterocycles. The van der Waals surface area contributed by atoms with Gasteiger partial charge in [-0.3, -0.25) is 14.4 Å². The zero-order valence-corrected chi connectivity index (χ0v) is 23.2. The Morgan fingerprint density at radius 2 is 1.79 bits per heavy atom. The molecule has 0 radical (unpaired) electrons. The summed E-state index contributed by atoms with van der Waals surface area (Å²) in [5, 5.41) is 6.21. The highest BCUT2D eigenvalue weighted by Gasteiger charge is 2.30. The maximum atomic E-state index is 13.4. The lowest BCUT2D eigenvalue weighted by Gasteiger charge is -2.31. The monoisotopic (exact) mass is 535 g/mol. The summed E-state index contributed by atoms with van der Waals surface area (Å²) < 4.78 is 11.0. The van der Waals surface area contributed by atoms with E-state index in [1.807, 2.05) is 13.0 Å². The first-order chi connectivity index (χ1) is 18.7. The highest BCUT2D eigenvalue weighted by Crippen LogP contribution is 2.35. The van der Waals surface area contributed by atoms with E-state index in [2.05, 4.69) is 34.6 Å². The molecule has 0 spiro atoms. The molecule has 1 aliphatic carbocycles. The van der Waals surface area contributed by atoms with Gasteiger partial charge in [0.05, 0.1) is 6.61 Å². The molecule has 2 N–H and O–H groups in total. The first-order valence-corrected chi connectivity index (χ1v) is 13.2. The van der Waals surface area contributed by atoms with Gasteiger partial charge in [-0.15, -0.1) is 0 Å². The third-order valence-electron chi connectivity index (χ3n) is 7.32. The Hall–Kier alpha value is -3.76. The fourth-order valence-corrected chi connectivity index (χ4v) is 4.86. The van der Waals surface area contributed by atoms with Gasteiger partial charge < -0.3 is 29.6 Å². The molecule has 0 bridgehead atoms. The van der Waals surface area contributed by atoms with E-state index < -0.39 is 5.91 Å². The quantitative estimate of drug-likeness (QED) is 0.422. The Morgan fingerprint density at radius 1 is 1.05 bits per heavy atom. The highest BCUT2D eigenvalue weighted by molar-refractivity contribution is 6.15. The maximum Gasteiger partial charge on any atom is 0.294 e. The number of nitrogens with one attached hydrogen (secondary N) is 2. The van der Waals surface area contributed by atoms with Gasteiger partial charge in [-0.2, -0.15) is 0 Å². The average Bonchev–Trinajstić information content (AvgIpc) is 3.30. The number of pyridine rings is 1. The SMILES string of the molecule is COCCN(C)C(=O)c1ccc2oc(C(=O)Nc3ccc(C)cn3)c(NC(=O)C3CCC(N(C)C)CC3)c2c1. The van der Waals surface area contributed by atoms with Gasteiger partial charge >= 0.3 is 0 Å². The van der Waals surface area contributed by atoms with E-state index in [1.54, 1.807) is 49.5 Å². The molecule has 2 heterocycles. The Balaban J connectivity index is 1.65. The molecule has 1 fully saturated rings. The lowest BCUT2D eigenvalue weighted by atomic mass is 9.85. The number of carbonyl (C=O) groups excluding carboxylic acids is 3. The number of hydrogen-bond acceptors (Lipinski definition) is 7. The summed E-state index contributed by atoms with van der Waals surface area (Å²) in [5.74, 6) is -0.762. The lowest BCUT2D eigenvalue weighted by Crippen LogP contribution is -2.35. The molecule has 10 nitrogen and oxygen atoms in total. The van der Waals surface area contributed by atoms with Gasteiger partial charge in [0.25, 0.3) is 11.8 Å². The molecule has 0 atom stereocenters. The van der Waals surface area contributed by atoms with E-state index in [4.69, 9.17) is 9.15 Å². The number of hydrogen-bond donors (Lipinski definition) is 2. The van der Waals surface area contributed by atoms with Crippen molar-refractivity contribution in [2.75, 3.05) is 52.0 Å². The van der Waals surface area contributed by atoms with Crippen LogP contribution < -0.4 is 10.6 Å². The number of rotatable bonds is 9. The second kappa shape index (κ2) is 12.4. The summed E-state index contributed by atoms with van der Waals surface area (Å²) in [6, 6.07) is 8.94. The van der Waals surface area contributed by atoms with Gasteiger partial charge in [0, 0.05) is 49.8 Å². The second-order valence-corrected chi connectivity index (χ2v) is 10.4. The van der Waals surface area contributed by atoms with Crippen LogP contribution in [0.2, 0.25) is 0 Å². The Bertz CT molecular complexity index is 1330. The van der Waals surface area contributed by atoms with Crippen molar-refractivity contribution < 1.29 is 23.5 Å². The van der Waals surface area contributed by atoms with Gasteiger partial charge in [-0.1, -0.05) is 6.07 Å². The Labute approximate surface area is 228 Å². The van der Waals surface area contributed by atoms with Gasteiger partial charge in [-0.25, -0.2) is 4.98 Å². The summed E-state index contributed by atoms with van der Waals surface area (Å²) in [6.45, 7) is 2.74. The first-order valence-electron chi connectivity index (χ1n) is 13.2. The van der Waals surface area contributed by atoms with Crippen molar-refractivity contribution in [2.45, 2.75) is 38.6 Å². The number of nitrogens with zero attached hydrogens (tertiary/aromatic N) is 3. The van der Waals surface area contributed by atoms with Crippen molar-refractivity contribution in [1.29, 1.82) is 0 Å². The first kappa shape index (κ1) is 28.3. The van der Waals surface area contributed by atoms with E-state index in [0.29, 0.717) is 41.5 Å². The van der Waals surface area contributed by atoms with Crippen LogP contribution in [0.5, 0.6) is 0 Å². The Morgan fingerprint density at radius 3 is 2.44 bits per heavy atom. The molecule has 3 aromatic rings. The van der Waals surface area contributed by atoms with Crippen molar-refractivity contribution in [2.24, 2.45) is 5.92 Å². The molecule has 1 aromatic carbocycles. The van der Waals surface area contributed by atoms with Crippen molar-refractivity contribution in [1.82, 2.24) is 14.8 Å². The van der Waals surface area contributed by atoms with Crippen LogP contribution in [-0.2, 0) is 9.53 Å². The number of methoxy groups -OCH3 is 1. The number of carbonyl (C=O) groups is 3. The summed E-state index contributed by atoms with van der Waals surface area (Å²) in [5.41, 5.74) is 2.01. The molecule has 0 unspecified atom stereocenters. The molecule has 4 rings (SSSR count). The number of benzene rings is 1. The molecular formula is C29H37N5O5. The van der Waals surface area contributed by atoms with Gasteiger partial charge in [0.15, 0.2) is 0 Å². The van der Waals surface area contributed by atoms with Crippen molar-refractivity contribution in [3.63, 3.8) is 0 Å². The third kappa shape index (κ3) is 6.63. The van der Waals surface area contributed by atoms with Crippen LogP contribution in [0.15, 0.2) is 40.9 Å². The fraction of sp³-hybridized carbons (Fsp3) is 0.448. The molecule has 3 amide bonds. The number of fused-ring (bicyclic) bond motifs is 1. The zero-order chi connectivity index (χ0) is 28.1. The van der Waals surface area contributed by atoms with E-state index in [0.717, 1.165) is 31.2 Å². The molecular weight excluding hydrogens is 498 g/mol. The van der Waals surface area contributed by atoms with Gasteiger partial charge in [0.1, 0.15) is 17.1 Å². The molecule has 0 aliphatic heterocycles. The molecule has 39 heavy (non-hydrogen) atoms. The molecule has 1 aliphatic rings. The van der Waals surface area contributed by atoms with E-state index in [-0.39, 0.29) is 29.2 Å². The number of ether oxygens (including phenoxy) is 1. The van der Waals surface area contributed by atoms with Gasteiger partial charge in [-0.05, 0) is 76.5 Å². The van der Waals surface area contributed by atoms with Crippen molar-refractivity contribution in [3.8, 4) is 0 Å². The largest absolute Gasteiger partial charge is 0.449 e. The topological polar surface area (TPSA) is 117 Å². The molecule has 0 saturated heterocycles. The van der Waals surface area contributed by atoms with Crippen LogP contribution in [0.3, 0.4) is 0 Å². The van der Waals surface area contributed by atoms with Crippen molar-refractivity contribution >= 4 is 40.2 Å². The van der Waals surface area contributed by atoms with Crippen LogP contribution in [0, 0.1) is 12.8 Å². The van der Waals surface area contributed by atoms with Gasteiger partial charge in [0.2, 0.25) is 11.7 Å². The summed E-state index contributed by atoms with van der Waals surface area (Å²) in [4.78, 5) is 47.7. The van der Waals surface area contributed by atoms with Crippen molar-refractivity contribution in [3.05, 3.63) is 53.4 Å². The number of aromatic nitrogens is 1. The standard InChI is InChI=1S/C29H37N5O5/c1-18-6-13-24(30-17-18)31-28(36)26-25(32-27(35)19-7-10-21(11-8-19)33(2)3)22-16-20(9-12-23(22)39-26)29(37)34(4)14-15-38-5/h6,9,12-13,16-17,19,21H,7-8,10-11,14-15H2,1-5H3,(H,32,35)(H,30,31,36). The summed E-state index contributed by atoms with van der Waals surface area (Å²) in [6.07, 6.45) is 5.02. The van der Waals surface area contributed by atoms with E-state index in [9.17, 15) is 14.4 Å². The van der Waals surface area contributed by atoms with Crippen LogP contribution in [0.1, 0.15) is 52.2 Å². The number of amides is 3. The zero-order valence-electron chi connectivity index (χ0n) is 23.2. The second-order valence-electron chi connectivity index (χ2n) is 10.4. The lowest BCUT2D eigenvalue weighted by molar-refractivity contribution is -0.121. The summed E-state index contributed by atoms with van der Waals surface area (Å²) >= 11 is 0. The highest BCUT2D eigenvalue weighted by atomic mass is 16.5. The minimum Gasteiger partial charge on any atom is -0.449 e. The van der Waals surface area contributed by atoms with Crippen LogP contribution in [0.4, 0.5) is 11.5 Å². The van der Waals surface area contributed by atoms with E-state index in [1.165, 1.54) is 0 Å². The minimum atomic E-state index is -0.542. The fourth-order valence-electron chi connectivity index (χ4n) is 4.86. The van der Waals surface area contributed by atoms with E-state index >= 15 is 0 Å². The third-order valence-corrected chi connectivity index (χ3v) is 7.32. The maximum absolute atomic E-state index is 13.4. The number of anilines is 2. The molecule has 1 saturated carbocycles. The summed E-state index contributed by atoms with van der Waals surface area (Å²) in [7, 11) is 7.39.